The summed E-state index contributed by atoms with van der Waals surface area (Å²) in [4.78, 5) is 0. The Morgan fingerprint density at radius 1 is 1.38 bits per heavy atom. The predicted molar refractivity (Wildman–Crippen MR) is 54.5 cm³/mol. The van der Waals surface area contributed by atoms with E-state index in [-0.39, 0.29) is 11.8 Å². The lowest BCUT2D eigenvalue weighted by molar-refractivity contribution is 0.105. The fraction of sp³-hybridized carbons (Fsp3) is 0.600. The van der Waals surface area contributed by atoms with Crippen LogP contribution in [0.1, 0.15) is 12.8 Å². The van der Waals surface area contributed by atoms with Crippen LogP contribution in [-0.2, 0) is 10.1 Å². The average Bonchev–Trinajstić information content (AvgIpc) is 2.75. The van der Waals surface area contributed by atoms with Gasteiger partial charge in [0.25, 0.3) is 0 Å². The van der Waals surface area contributed by atoms with Crippen molar-refractivity contribution in [3.05, 3.63) is 24.3 Å². The summed E-state index contributed by atoms with van der Waals surface area (Å²) in [7, 11) is -5.41. The van der Waals surface area contributed by atoms with Crippen molar-refractivity contribution in [3.8, 4) is 0 Å². The number of hydrogen-bond donors (Lipinski definition) is 1. The minimum atomic E-state index is -5.41. The van der Waals surface area contributed by atoms with Crippen LogP contribution in [0.2, 0.25) is 0 Å². The van der Waals surface area contributed by atoms with Crippen molar-refractivity contribution in [2.24, 2.45) is 17.8 Å². The number of halogens is 2. The summed E-state index contributed by atoms with van der Waals surface area (Å²) < 4.78 is 56.3. The van der Waals surface area contributed by atoms with Gasteiger partial charge in [-0.05, 0) is 30.6 Å². The minimum absolute atomic E-state index is 0.0647. The van der Waals surface area contributed by atoms with Gasteiger partial charge in [-0.15, -0.1) is 0 Å². The topological polar surface area (TPSA) is 54.4 Å². The SMILES string of the molecule is C=C(C1CC2C=CC1C2)C(F)(F)S(=O)(=O)O. The zero-order chi connectivity index (χ0) is 12.1. The largest absolute Gasteiger partial charge is 0.391 e. The summed E-state index contributed by atoms with van der Waals surface area (Å²) in [6.07, 6.45) is 5.04. The van der Waals surface area contributed by atoms with Crippen LogP contribution in [0.3, 0.4) is 0 Å². The van der Waals surface area contributed by atoms with Crippen molar-refractivity contribution < 1.29 is 21.8 Å². The molecule has 1 saturated carbocycles. The molecule has 0 amide bonds. The summed E-state index contributed by atoms with van der Waals surface area (Å²) in [5, 5.41) is -4.24. The maximum Gasteiger partial charge on any atom is 0.391 e. The van der Waals surface area contributed by atoms with Crippen molar-refractivity contribution in [3.63, 3.8) is 0 Å². The Morgan fingerprint density at radius 2 is 2.00 bits per heavy atom. The van der Waals surface area contributed by atoms with Crippen LogP contribution in [0.5, 0.6) is 0 Å². The van der Waals surface area contributed by atoms with E-state index in [1.807, 2.05) is 12.2 Å². The molecule has 1 N–H and O–H groups in total. The zero-order valence-electron chi connectivity index (χ0n) is 8.44. The maximum atomic E-state index is 13.3. The molecule has 0 aromatic rings. The quantitative estimate of drug-likeness (QED) is 0.617. The van der Waals surface area contributed by atoms with E-state index in [1.165, 1.54) is 0 Å². The molecule has 90 valence electrons. The van der Waals surface area contributed by atoms with E-state index in [1.54, 1.807) is 0 Å². The molecule has 3 atom stereocenters. The van der Waals surface area contributed by atoms with Crippen molar-refractivity contribution in [2.45, 2.75) is 18.1 Å². The van der Waals surface area contributed by atoms with Gasteiger partial charge in [0.05, 0.1) is 0 Å². The van der Waals surface area contributed by atoms with E-state index in [0.29, 0.717) is 6.42 Å². The normalized spacial score (nSPS) is 33.3. The van der Waals surface area contributed by atoms with Crippen LogP contribution in [-0.4, -0.2) is 18.2 Å². The van der Waals surface area contributed by atoms with Gasteiger partial charge in [-0.1, -0.05) is 18.7 Å². The molecule has 0 aromatic carbocycles. The standard InChI is InChI=1S/C10H12F2O3S/c1-6(10(11,12)16(13,14)15)9-5-7-2-3-8(9)4-7/h2-3,7-9H,1,4-5H2,(H,13,14,15). The first-order valence-corrected chi connectivity index (χ1v) is 6.40. The van der Waals surface area contributed by atoms with Crippen LogP contribution in [0, 0.1) is 17.8 Å². The smallest absolute Gasteiger partial charge is 0.281 e. The van der Waals surface area contributed by atoms with Gasteiger partial charge < -0.3 is 0 Å². The summed E-state index contributed by atoms with van der Waals surface area (Å²) in [6, 6.07) is 0. The molecule has 16 heavy (non-hydrogen) atoms. The molecule has 0 aliphatic heterocycles. The molecule has 3 nitrogen and oxygen atoms in total. The van der Waals surface area contributed by atoms with Crippen LogP contribution in [0.4, 0.5) is 8.78 Å². The Bertz CT molecular complexity index is 453. The molecule has 1 fully saturated rings. The summed E-state index contributed by atoms with van der Waals surface area (Å²) >= 11 is 0. The van der Waals surface area contributed by atoms with Crippen LogP contribution in [0.25, 0.3) is 0 Å². The molecule has 0 saturated heterocycles. The van der Waals surface area contributed by atoms with Crippen molar-refractivity contribution >= 4 is 10.1 Å². The van der Waals surface area contributed by atoms with E-state index in [0.717, 1.165) is 6.42 Å². The highest BCUT2D eigenvalue weighted by atomic mass is 32.2. The van der Waals surface area contributed by atoms with E-state index in [4.69, 9.17) is 4.55 Å². The van der Waals surface area contributed by atoms with Gasteiger partial charge in [-0.3, -0.25) is 4.55 Å². The highest BCUT2D eigenvalue weighted by molar-refractivity contribution is 7.87. The van der Waals surface area contributed by atoms with Crippen molar-refractivity contribution in [2.75, 3.05) is 0 Å². The number of rotatable bonds is 3. The predicted octanol–water partition coefficient (Wildman–Crippen LogP) is 2.24. The van der Waals surface area contributed by atoms with Gasteiger partial charge in [0.15, 0.2) is 0 Å². The second-order valence-corrected chi connectivity index (χ2v) is 5.87. The molecule has 0 aromatic heterocycles. The third-order valence-electron chi connectivity index (χ3n) is 3.42. The molecule has 0 radical (unpaired) electrons. The summed E-state index contributed by atoms with van der Waals surface area (Å²) in [5.41, 5.74) is -0.688. The molecule has 6 heteroatoms. The highest BCUT2D eigenvalue weighted by Crippen LogP contribution is 2.50. The molecule has 3 unspecified atom stereocenters. The first-order valence-electron chi connectivity index (χ1n) is 4.96. The number of fused-ring (bicyclic) bond motifs is 2. The number of allylic oxidation sites excluding steroid dienone is 2. The molecule has 2 rings (SSSR count). The lowest BCUT2D eigenvalue weighted by Gasteiger charge is -2.25. The second-order valence-electron chi connectivity index (χ2n) is 4.40. The first-order chi connectivity index (χ1) is 7.23. The summed E-state index contributed by atoms with van der Waals surface area (Å²) in [5.74, 6) is -0.374. The lowest BCUT2D eigenvalue weighted by atomic mass is 9.87. The average molecular weight is 250 g/mol. The fourth-order valence-corrected chi connectivity index (χ4v) is 3.05. The van der Waals surface area contributed by atoms with Gasteiger partial charge >= 0.3 is 15.4 Å². The second kappa shape index (κ2) is 3.37. The van der Waals surface area contributed by atoms with E-state index < -0.39 is 26.9 Å². The lowest BCUT2D eigenvalue weighted by Crippen LogP contribution is -2.34. The van der Waals surface area contributed by atoms with E-state index >= 15 is 0 Å². The fourth-order valence-electron chi connectivity index (χ4n) is 2.56. The Balaban J connectivity index is 2.24. The van der Waals surface area contributed by atoms with Gasteiger partial charge in [0.1, 0.15) is 0 Å². The molecular formula is C10H12F2O3S. The summed E-state index contributed by atoms with van der Waals surface area (Å²) in [6.45, 7) is 3.17. The molecule has 2 bridgehead atoms. The maximum absolute atomic E-state index is 13.3. The molecule has 2 aliphatic rings. The van der Waals surface area contributed by atoms with Crippen molar-refractivity contribution in [1.29, 1.82) is 0 Å². The van der Waals surface area contributed by atoms with E-state index in [9.17, 15) is 17.2 Å². The Labute approximate surface area is 92.6 Å². The minimum Gasteiger partial charge on any atom is -0.281 e. The monoisotopic (exact) mass is 250 g/mol. The number of hydrogen-bond acceptors (Lipinski definition) is 2. The van der Waals surface area contributed by atoms with Crippen LogP contribution < -0.4 is 0 Å². The number of alkyl halides is 2. The molecule has 0 heterocycles. The third kappa shape index (κ3) is 1.60. The van der Waals surface area contributed by atoms with Crippen LogP contribution >= 0.6 is 0 Å². The Kier molecular flexibility index (Phi) is 2.47. The Morgan fingerprint density at radius 3 is 2.38 bits per heavy atom. The molecular weight excluding hydrogens is 238 g/mol. The van der Waals surface area contributed by atoms with Gasteiger partial charge in [0, 0.05) is 5.57 Å². The third-order valence-corrected chi connectivity index (χ3v) is 4.33. The van der Waals surface area contributed by atoms with Gasteiger partial charge in [-0.2, -0.15) is 17.2 Å². The van der Waals surface area contributed by atoms with Gasteiger partial charge in [-0.25, -0.2) is 0 Å². The van der Waals surface area contributed by atoms with Crippen molar-refractivity contribution in [1.82, 2.24) is 0 Å². The zero-order valence-corrected chi connectivity index (χ0v) is 9.25. The highest BCUT2D eigenvalue weighted by Gasteiger charge is 2.52. The van der Waals surface area contributed by atoms with E-state index in [2.05, 4.69) is 6.58 Å². The Hall–Kier alpha value is -0.750. The first kappa shape index (κ1) is 11.7. The van der Waals surface area contributed by atoms with Gasteiger partial charge in [0.2, 0.25) is 0 Å². The van der Waals surface area contributed by atoms with Crippen LogP contribution in [0.15, 0.2) is 24.3 Å². The molecule has 2 aliphatic carbocycles. The molecule has 0 spiro atoms.